The topological polar surface area (TPSA) is 0 Å². The molecule has 0 N–H and O–H groups in total. The summed E-state index contributed by atoms with van der Waals surface area (Å²) in [5, 5.41) is 10.3. The molecule has 0 aliphatic carbocycles. The number of hydrogen-bond acceptors (Lipinski definition) is 0. The van der Waals surface area contributed by atoms with Crippen molar-refractivity contribution < 1.29 is 0 Å². The first-order chi connectivity index (χ1) is 13.8. The summed E-state index contributed by atoms with van der Waals surface area (Å²) in [6.07, 6.45) is 1.21. The lowest BCUT2D eigenvalue weighted by molar-refractivity contribution is 1.08. The molecule has 0 fully saturated rings. The fourth-order valence-corrected chi connectivity index (χ4v) is 4.43. The van der Waals surface area contributed by atoms with Crippen molar-refractivity contribution in [1.29, 1.82) is 0 Å². The summed E-state index contributed by atoms with van der Waals surface area (Å²) in [5.74, 6) is 3.33. The monoisotopic (exact) mass is 372 g/mol. The van der Waals surface area contributed by atoms with Gasteiger partial charge in [-0.1, -0.05) is 49.6 Å². The zero-order chi connectivity index (χ0) is 18.9. The average Bonchev–Trinajstić information content (AvgIpc) is 2.72. The van der Waals surface area contributed by atoms with E-state index >= 15 is 0 Å². The maximum Gasteiger partial charge on any atom is 0.148 e. The highest BCUT2D eigenvalue weighted by molar-refractivity contribution is 6.46. The van der Waals surface area contributed by atoms with Crippen LogP contribution in [0.4, 0.5) is 0 Å². The standard InChI is InChI=1S/C27H20Si/c1-2-10-28-11-9-19-7-8-22-15-26-17-24-13-20-5-3-4-6-21(20)14-25(24)18-27(26)16-23(22)12-19/h3-8,12-18H,2,10H2,1H3. The molecule has 28 heavy (non-hydrogen) atoms. The molecule has 5 aromatic carbocycles. The van der Waals surface area contributed by atoms with Crippen molar-refractivity contribution in [3.63, 3.8) is 0 Å². The maximum absolute atomic E-state index is 3.33. The van der Waals surface area contributed by atoms with E-state index in [2.05, 4.69) is 97.3 Å². The molecule has 0 spiro atoms. The lowest BCUT2D eigenvalue weighted by Crippen LogP contribution is -1.84. The molecule has 0 aliphatic heterocycles. The second-order valence-electron chi connectivity index (χ2n) is 7.34. The molecular formula is C27H20Si. The molecule has 0 nitrogen and oxygen atoms in total. The summed E-state index contributed by atoms with van der Waals surface area (Å²) in [7, 11) is 0.739. The zero-order valence-electron chi connectivity index (χ0n) is 15.9. The van der Waals surface area contributed by atoms with Crippen molar-refractivity contribution in [3.05, 3.63) is 84.4 Å². The first kappa shape index (κ1) is 17.0. The van der Waals surface area contributed by atoms with Gasteiger partial charge in [-0.15, -0.1) is 5.54 Å². The van der Waals surface area contributed by atoms with Crippen LogP contribution < -0.4 is 0 Å². The van der Waals surface area contributed by atoms with Gasteiger partial charge < -0.3 is 0 Å². The molecule has 1 heteroatoms. The Kier molecular flexibility index (Phi) is 4.35. The van der Waals surface area contributed by atoms with E-state index in [-0.39, 0.29) is 0 Å². The highest BCUT2D eigenvalue weighted by atomic mass is 28.2. The molecule has 0 aromatic heterocycles. The summed E-state index contributed by atoms with van der Waals surface area (Å²) in [6, 6.07) is 30.2. The van der Waals surface area contributed by atoms with Crippen LogP contribution in [0.25, 0.3) is 43.1 Å². The first-order valence-corrected chi connectivity index (χ1v) is 11.0. The number of rotatable bonds is 2. The van der Waals surface area contributed by atoms with Crippen molar-refractivity contribution in [2.45, 2.75) is 19.4 Å². The van der Waals surface area contributed by atoms with E-state index in [0.29, 0.717) is 0 Å². The molecule has 0 unspecified atom stereocenters. The van der Waals surface area contributed by atoms with Crippen LogP contribution in [0.1, 0.15) is 18.9 Å². The van der Waals surface area contributed by atoms with Crippen molar-refractivity contribution in [1.82, 2.24) is 0 Å². The van der Waals surface area contributed by atoms with Gasteiger partial charge in [0.05, 0.1) is 0 Å². The van der Waals surface area contributed by atoms with Crippen LogP contribution in [0.2, 0.25) is 6.04 Å². The molecule has 0 amide bonds. The van der Waals surface area contributed by atoms with Gasteiger partial charge in [0, 0.05) is 5.56 Å². The lowest BCUT2D eigenvalue weighted by Gasteiger charge is -2.07. The third-order valence-electron chi connectivity index (χ3n) is 5.29. The summed E-state index contributed by atoms with van der Waals surface area (Å²) in [4.78, 5) is 0. The Labute approximate surface area is 168 Å². The molecule has 0 atom stereocenters. The number of benzene rings is 5. The Bertz CT molecular complexity index is 1400. The maximum atomic E-state index is 3.33. The predicted octanol–water partition coefficient (Wildman–Crippen LogP) is 7.14. The molecular weight excluding hydrogens is 352 g/mol. The van der Waals surface area contributed by atoms with Crippen molar-refractivity contribution in [3.8, 4) is 11.5 Å². The quantitative estimate of drug-likeness (QED) is 0.134. The van der Waals surface area contributed by atoms with E-state index in [1.54, 1.807) is 0 Å². The Balaban J connectivity index is 1.65. The van der Waals surface area contributed by atoms with E-state index < -0.39 is 0 Å². The van der Waals surface area contributed by atoms with E-state index in [1.165, 1.54) is 55.6 Å². The van der Waals surface area contributed by atoms with Crippen LogP contribution in [0.3, 0.4) is 0 Å². The van der Waals surface area contributed by atoms with E-state index in [0.717, 1.165) is 15.1 Å². The van der Waals surface area contributed by atoms with Gasteiger partial charge in [-0.25, -0.2) is 0 Å². The molecule has 132 valence electrons. The Hall–Kier alpha value is -3.08. The summed E-state index contributed by atoms with van der Waals surface area (Å²) in [6.45, 7) is 2.21. The molecule has 2 radical (unpaired) electrons. The first-order valence-electron chi connectivity index (χ1n) is 9.84. The van der Waals surface area contributed by atoms with Gasteiger partial charge in [-0.3, -0.25) is 0 Å². The van der Waals surface area contributed by atoms with Gasteiger partial charge in [-0.05, 0) is 97.7 Å². The highest BCUT2D eigenvalue weighted by Crippen LogP contribution is 2.30. The van der Waals surface area contributed by atoms with Gasteiger partial charge in [-0.2, -0.15) is 0 Å². The second kappa shape index (κ2) is 7.15. The second-order valence-corrected chi connectivity index (χ2v) is 8.44. The molecule has 0 heterocycles. The van der Waals surface area contributed by atoms with Crippen LogP contribution in [0.15, 0.2) is 78.9 Å². The smallest absolute Gasteiger partial charge is 0.130 e. The van der Waals surface area contributed by atoms with Gasteiger partial charge in [0.2, 0.25) is 0 Å². The molecule has 0 bridgehead atoms. The van der Waals surface area contributed by atoms with Gasteiger partial charge in [0.25, 0.3) is 0 Å². The predicted molar refractivity (Wildman–Crippen MR) is 124 cm³/mol. The normalized spacial score (nSPS) is 11.2. The fraction of sp³-hybridized carbons (Fsp3) is 0.111. The Morgan fingerprint density at radius 1 is 0.607 bits per heavy atom. The SMILES string of the molecule is CCC[Si]C#Cc1ccc2cc3cc4cc5ccccc5cc4cc3cc2c1. The van der Waals surface area contributed by atoms with Crippen LogP contribution in [0, 0.1) is 11.5 Å². The van der Waals surface area contributed by atoms with Crippen molar-refractivity contribution >= 4 is 52.6 Å². The lowest BCUT2D eigenvalue weighted by atomic mass is 9.97. The summed E-state index contributed by atoms with van der Waals surface area (Å²) in [5.41, 5.74) is 4.44. The molecule has 5 aromatic rings. The van der Waals surface area contributed by atoms with Crippen LogP contribution in [0.5, 0.6) is 0 Å². The third-order valence-corrected chi connectivity index (χ3v) is 6.34. The Morgan fingerprint density at radius 3 is 1.68 bits per heavy atom. The minimum absolute atomic E-state index is 0.739. The molecule has 0 saturated carbocycles. The minimum atomic E-state index is 0.739. The largest absolute Gasteiger partial charge is 0.148 e. The zero-order valence-corrected chi connectivity index (χ0v) is 16.9. The van der Waals surface area contributed by atoms with E-state index in [1.807, 2.05) is 0 Å². The molecule has 5 rings (SSSR count). The van der Waals surface area contributed by atoms with Gasteiger partial charge in [0.15, 0.2) is 0 Å². The van der Waals surface area contributed by atoms with E-state index in [4.69, 9.17) is 0 Å². The third kappa shape index (κ3) is 3.17. The minimum Gasteiger partial charge on any atom is -0.130 e. The van der Waals surface area contributed by atoms with E-state index in [9.17, 15) is 0 Å². The van der Waals surface area contributed by atoms with Crippen LogP contribution in [-0.4, -0.2) is 9.52 Å². The molecule has 0 saturated heterocycles. The van der Waals surface area contributed by atoms with Crippen LogP contribution >= 0.6 is 0 Å². The van der Waals surface area contributed by atoms with Gasteiger partial charge >= 0.3 is 0 Å². The van der Waals surface area contributed by atoms with Gasteiger partial charge in [0.1, 0.15) is 9.52 Å². The van der Waals surface area contributed by atoms with Crippen LogP contribution in [-0.2, 0) is 0 Å². The Morgan fingerprint density at radius 2 is 1.11 bits per heavy atom. The summed E-state index contributed by atoms with van der Waals surface area (Å²) >= 11 is 0. The van der Waals surface area contributed by atoms with Crippen molar-refractivity contribution in [2.24, 2.45) is 0 Å². The summed E-state index contributed by atoms with van der Waals surface area (Å²) < 4.78 is 0. The highest BCUT2D eigenvalue weighted by Gasteiger charge is 2.03. The number of hydrogen-bond donors (Lipinski definition) is 0. The molecule has 0 aliphatic rings. The van der Waals surface area contributed by atoms with Crippen molar-refractivity contribution in [2.75, 3.05) is 0 Å². The average molecular weight is 373 g/mol. The fourth-order valence-electron chi connectivity index (χ4n) is 3.83. The number of fused-ring (bicyclic) bond motifs is 4.